The third kappa shape index (κ3) is 3.40. The van der Waals surface area contributed by atoms with Crippen LogP contribution in [0.1, 0.15) is 24.2 Å². The highest BCUT2D eigenvalue weighted by Crippen LogP contribution is 2.34. The second-order valence-corrected chi connectivity index (χ2v) is 5.88. The Hall–Kier alpha value is -1.80. The molecule has 0 bridgehead atoms. The van der Waals surface area contributed by atoms with Gasteiger partial charge in [-0.25, -0.2) is 13.6 Å². The van der Waals surface area contributed by atoms with Gasteiger partial charge in [-0.3, -0.25) is 4.79 Å². The lowest BCUT2D eigenvalue weighted by atomic mass is 10.1. The Morgan fingerprint density at radius 3 is 2.25 bits per heavy atom. The first-order valence-corrected chi connectivity index (χ1v) is 7.35. The van der Waals surface area contributed by atoms with Crippen LogP contribution in [0.25, 0.3) is 0 Å². The zero-order valence-electron chi connectivity index (χ0n) is 11.8. The highest BCUT2D eigenvalue weighted by Gasteiger charge is 2.26. The maximum absolute atomic E-state index is 12.2. The van der Waals surface area contributed by atoms with Gasteiger partial charge in [-0.15, -0.1) is 0 Å². The summed E-state index contributed by atoms with van der Waals surface area (Å²) in [7, 11) is -1.38. The molecule has 0 aliphatic carbocycles. The van der Waals surface area contributed by atoms with Crippen molar-refractivity contribution < 1.29 is 22.7 Å². The van der Waals surface area contributed by atoms with Crippen LogP contribution in [0.2, 0.25) is 0 Å². The van der Waals surface area contributed by atoms with Crippen LogP contribution in [0.5, 0.6) is 11.5 Å². The van der Waals surface area contributed by atoms with Gasteiger partial charge in [0, 0.05) is 6.04 Å². The summed E-state index contributed by atoms with van der Waals surface area (Å²) in [5.41, 5.74) is -0.00442. The largest absolute Gasteiger partial charge is 0.496 e. The van der Waals surface area contributed by atoms with E-state index in [-0.39, 0.29) is 28.0 Å². The predicted octanol–water partition coefficient (Wildman–Crippen LogP) is 0.489. The zero-order chi connectivity index (χ0) is 15.5. The third-order valence-corrected chi connectivity index (χ3v) is 3.40. The molecule has 0 fully saturated rings. The molecule has 1 aromatic carbocycles. The number of ether oxygens (including phenoxy) is 2. The lowest BCUT2D eigenvalue weighted by molar-refractivity contribution is 0.0936. The summed E-state index contributed by atoms with van der Waals surface area (Å²) in [6, 6.07) is 2.46. The standard InChI is InChI=1S/C12H18N2O5S/c1-7(2)14-12(15)10-8(18-3)5-6-9(11(10)19-4)20(13,16)17/h5-7H,1-4H3,(H,14,15)(H2,13,16,17). The van der Waals surface area contributed by atoms with Gasteiger partial charge in [0.15, 0.2) is 5.75 Å². The van der Waals surface area contributed by atoms with Crippen LogP contribution in [0.3, 0.4) is 0 Å². The van der Waals surface area contributed by atoms with E-state index in [1.165, 1.54) is 26.4 Å². The van der Waals surface area contributed by atoms with Gasteiger partial charge in [0.2, 0.25) is 10.0 Å². The number of rotatable bonds is 5. The number of amides is 1. The van der Waals surface area contributed by atoms with Crippen LogP contribution in [0, 0.1) is 0 Å². The molecule has 0 radical (unpaired) electrons. The van der Waals surface area contributed by atoms with Crippen molar-refractivity contribution in [3.8, 4) is 11.5 Å². The van der Waals surface area contributed by atoms with Gasteiger partial charge in [-0.2, -0.15) is 0 Å². The summed E-state index contributed by atoms with van der Waals surface area (Å²) >= 11 is 0. The van der Waals surface area contributed by atoms with Crippen LogP contribution in [0.15, 0.2) is 17.0 Å². The molecule has 0 aliphatic heterocycles. The van der Waals surface area contributed by atoms with E-state index in [4.69, 9.17) is 14.6 Å². The molecule has 0 atom stereocenters. The number of benzene rings is 1. The number of hydrogen-bond acceptors (Lipinski definition) is 5. The average Bonchev–Trinajstić information content (AvgIpc) is 2.34. The van der Waals surface area contributed by atoms with Crippen molar-refractivity contribution in [2.24, 2.45) is 5.14 Å². The molecule has 0 heterocycles. The van der Waals surface area contributed by atoms with E-state index in [1.807, 2.05) is 0 Å². The van der Waals surface area contributed by atoms with E-state index in [2.05, 4.69) is 5.32 Å². The zero-order valence-corrected chi connectivity index (χ0v) is 12.6. The Morgan fingerprint density at radius 1 is 1.25 bits per heavy atom. The lowest BCUT2D eigenvalue weighted by Crippen LogP contribution is -2.31. The second-order valence-electron chi connectivity index (χ2n) is 4.35. The molecule has 8 heteroatoms. The van der Waals surface area contributed by atoms with Gasteiger partial charge in [0.1, 0.15) is 16.2 Å². The number of sulfonamides is 1. The summed E-state index contributed by atoms with van der Waals surface area (Å²) < 4.78 is 33.2. The lowest BCUT2D eigenvalue weighted by Gasteiger charge is -2.16. The van der Waals surface area contributed by atoms with Crippen LogP contribution in [0.4, 0.5) is 0 Å². The minimum Gasteiger partial charge on any atom is -0.496 e. The summed E-state index contributed by atoms with van der Waals surface area (Å²) in [6.45, 7) is 3.56. The van der Waals surface area contributed by atoms with E-state index in [9.17, 15) is 13.2 Å². The molecular formula is C12H18N2O5S. The number of carbonyl (C=O) groups is 1. The minimum atomic E-state index is -4.02. The Balaban J connectivity index is 3.57. The normalized spacial score (nSPS) is 11.3. The number of methoxy groups -OCH3 is 2. The number of primary sulfonamides is 1. The molecule has 7 nitrogen and oxygen atoms in total. The summed E-state index contributed by atoms with van der Waals surface area (Å²) in [5, 5.41) is 7.77. The summed E-state index contributed by atoms with van der Waals surface area (Å²) in [5.74, 6) is -0.434. The van der Waals surface area contributed by atoms with E-state index >= 15 is 0 Å². The molecule has 1 amide bonds. The fourth-order valence-electron chi connectivity index (χ4n) is 1.69. The van der Waals surface area contributed by atoms with Crippen molar-refractivity contribution in [3.05, 3.63) is 17.7 Å². The number of nitrogens with two attached hydrogens (primary N) is 1. The Bertz CT molecular complexity index is 611. The molecule has 0 spiro atoms. The van der Waals surface area contributed by atoms with Crippen molar-refractivity contribution >= 4 is 15.9 Å². The van der Waals surface area contributed by atoms with Gasteiger partial charge in [-0.1, -0.05) is 0 Å². The topological polar surface area (TPSA) is 108 Å². The molecule has 1 rings (SSSR count). The predicted molar refractivity (Wildman–Crippen MR) is 73.5 cm³/mol. The quantitative estimate of drug-likeness (QED) is 0.823. The second kappa shape index (κ2) is 6.10. The van der Waals surface area contributed by atoms with E-state index in [0.717, 1.165) is 0 Å². The van der Waals surface area contributed by atoms with Gasteiger partial charge in [0.05, 0.1) is 14.2 Å². The Kier molecular flexibility index (Phi) is 4.96. The highest BCUT2D eigenvalue weighted by molar-refractivity contribution is 7.89. The maximum Gasteiger partial charge on any atom is 0.259 e. The van der Waals surface area contributed by atoms with E-state index in [0.29, 0.717) is 0 Å². The van der Waals surface area contributed by atoms with Gasteiger partial charge in [-0.05, 0) is 26.0 Å². The maximum atomic E-state index is 12.2. The fraction of sp³-hybridized carbons (Fsp3) is 0.417. The first-order chi connectivity index (χ1) is 9.22. The molecule has 0 saturated heterocycles. The van der Waals surface area contributed by atoms with Gasteiger partial charge >= 0.3 is 0 Å². The first-order valence-electron chi connectivity index (χ1n) is 5.81. The van der Waals surface area contributed by atoms with Gasteiger partial charge < -0.3 is 14.8 Å². The average molecular weight is 302 g/mol. The fourth-order valence-corrected chi connectivity index (χ4v) is 2.39. The van der Waals surface area contributed by atoms with Crippen molar-refractivity contribution in [3.63, 3.8) is 0 Å². The van der Waals surface area contributed by atoms with Crippen LogP contribution in [-0.2, 0) is 10.0 Å². The molecule has 0 saturated carbocycles. The first kappa shape index (κ1) is 16.3. The number of hydrogen-bond donors (Lipinski definition) is 2. The minimum absolute atomic E-state index is 0.00442. The smallest absolute Gasteiger partial charge is 0.259 e. The molecule has 3 N–H and O–H groups in total. The van der Waals surface area contributed by atoms with Crippen LogP contribution < -0.4 is 19.9 Å². The Labute approximate surface area is 118 Å². The molecule has 0 aliphatic rings. The number of nitrogens with one attached hydrogen (secondary N) is 1. The van der Waals surface area contributed by atoms with E-state index in [1.54, 1.807) is 13.8 Å². The molecule has 1 aromatic rings. The van der Waals surface area contributed by atoms with Crippen molar-refractivity contribution in [2.45, 2.75) is 24.8 Å². The monoisotopic (exact) mass is 302 g/mol. The van der Waals surface area contributed by atoms with Crippen molar-refractivity contribution in [1.82, 2.24) is 5.32 Å². The molecule has 0 unspecified atom stereocenters. The van der Waals surface area contributed by atoms with Crippen molar-refractivity contribution in [2.75, 3.05) is 14.2 Å². The Morgan fingerprint density at radius 2 is 1.85 bits per heavy atom. The third-order valence-electron chi connectivity index (χ3n) is 2.46. The van der Waals surface area contributed by atoms with Crippen LogP contribution in [-0.4, -0.2) is 34.6 Å². The highest BCUT2D eigenvalue weighted by atomic mass is 32.2. The number of carbonyl (C=O) groups excluding carboxylic acids is 1. The molecular weight excluding hydrogens is 284 g/mol. The van der Waals surface area contributed by atoms with Crippen LogP contribution >= 0.6 is 0 Å². The molecule has 20 heavy (non-hydrogen) atoms. The SMILES string of the molecule is COc1ccc(S(N)(=O)=O)c(OC)c1C(=O)NC(C)C. The van der Waals surface area contributed by atoms with Crippen molar-refractivity contribution in [1.29, 1.82) is 0 Å². The summed E-state index contributed by atoms with van der Waals surface area (Å²) in [4.78, 5) is 11.9. The van der Waals surface area contributed by atoms with E-state index < -0.39 is 15.9 Å². The summed E-state index contributed by atoms with van der Waals surface area (Å²) in [6.07, 6.45) is 0. The van der Waals surface area contributed by atoms with Gasteiger partial charge in [0.25, 0.3) is 5.91 Å². The molecule has 112 valence electrons. The molecule has 0 aromatic heterocycles.